The molecule has 0 amide bonds. The fourth-order valence-electron chi connectivity index (χ4n) is 2.13. The predicted molar refractivity (Wildman–Crippen MR) is 115 cm³/mol. The average Bonchev–Trinajstić information content (AvgIpc) is 2.69. The minimum Gasteiger partial charge on any atom is -0.691 e. The molecule has 1 atom stereocenters. The van der Waals surface area contributed by atoms with Crippen LogP contribution in [0.25, 0.3) is 0 Å². The number of halogens is 2. The first-order chi connectivity index (χ1) is 14.3. The SMILES string of the molecule is NC(Cc1cc(I)c(Oc2cc(SOO[O-])c(O)c(SOO[O-])c2)c(I)c1)C(=O)O.[Na+].[Na+]. The minimum absolute atomic E-state index is 0. The Labute approximate surface area is 262 Å². The van der Waals surface area contributed by atoms with Crippen molar-refractivity contribution in [2.24, 2.45) is 5.73 Å². The zero-order chi connectivity index (χ0) is 22.3. The number of rotatable bonds is 11. The summed E-state index contributed by atoms with van der Waals surface area (Å²) < 4.78 is 15.7. The Morgan fingerprint density at radius 2 is 1.50 bits per heavy atom. The standard InChI is InChI=1S/C15H13I2NO10S2.2Na/c16-8-1-6(3-10(18)15(20)21)2-9(17)14(8)24-7-4-11(29-27-25-22)13(19)12(5-7)30-28-26-23;;/h1-2,4-5,10,19,22-23H,3,18H2,(H,20,21);;/q;2*+1/p-2. The van der Waals surface area contributed by atoms with E-state index in [-0.39, 0.29) is 86.8 Å². The van der Waals surface area contributed by atoms with Gasteiger partial charge in [-0.1, -0.05) is 0 Å². The summed E-state index contributed by atoms with van der Waals surface area (Å²) in [4.78, 5) is 11.0. The maximum Gasteiger partial charge on any atom is 1.00 e. The number of phenols is 1. The third kappa shape index (κ3) is 10.2. The van der Waals surface area contributed by atoms with E-state index in [0.717, 1.165) is 0 Å². The molecule has 0 aliphatic rings. The fraction of sp³-hybridized carbons (Fsp3) is 0.133. The summed E-state index contributed by atoms with van der Waals surface area (Å²) in [7, 11) is 0. The smallest absolute Gasteiger partial charge is 0.691 e. The predicted octanol–water partition coefficient (Wildman–Crippen LogP) is -4.18. The van der Waals surface area contributed by atoms with Crippen molar-refractivity contribution in [1.82, 2.24) is 0 Å². The molecule has 0 radical (unpaired) electrons. The van der Waals surface area contributed by atoms with Crippen molar-refractivity contribution in [3.8, 4) is 17.2 Å². The molecule has 0 bridgehead atoms. The first kappa shape index (κ1) is 33.4. The van der Waals surface area contributed by atoms with Gasteiger partial charge in [-0.15, -0.1) is 0 Å². The molecule has 0 aromatic heterocycles. The maximum atomic E-state index is 11.0. The van der Waals surface area contributed by atoms with Gasteiger partial charge in [0.2, 0.25) is 0 Å². The van der Waals surface area contributed by atoms with Crippen LogP contribution in [0.3, 0.4) is 0 Å². The number of hydrogen-bond acceptors (Lipinski definition) is 12. The number of hydrogen-bond donors (Lipinski definition) is 3. The molecule has 0 aliphatic carbocycles. The molecule has 0 saturated carbocycles. The molecule has 0 aliphatic heterocycles. The minimum atomic E-state index is -1.10. The Balaban J connectivity index is 0.00000480. The van der Waals surface area contributed by atoms with Gasteiger partial charge in [0.25, 0.3) is 0 Å². The second-order valence-corrected chi connectivity index (χ2v) is 9.16. The van der Waals surface area contributed by atoms with E-state index in [2.05, 4.69) is 18.7 Å². The van der Waals surface area contributed by atoms with Gasteiger partial charge in [-0.3, -0.25) is 14.9 Å². The van der Waals surface area contributed by atoms with E-state index < -0.39 is 12.0 Å². The topological polar surface area (TPSA) is 176 Å². The molecule has 2 aromatic rings. The molecule has 0 fully saturated rings. The van der Waals surface area contributed by atoms with Crippen LogP contribution in [0.4, 0.5) is 0 Å². The van der Waals surface area contributed by atoms with Crippen LogP contribution >= 0.6 is 69.3 Å². The quantitative estimate of drug-likeness (QED) is 0.0669. The van der Waals surface area contributed by atoms with E-state index in [1.54, 1.807) is 12.1 Å². The van der Waals surface area contributed by atoms with Gasteiger partial charge in [0.05, 0.1) is 41.0 Å². The third-order valence-corrected chi connectivity index (χ3v) is 6.20. The molecule has 0 saturated heterocycles. The zero-order valence-electron chi connectivity index (χ0n) is 16.4. The number of nitrogens with two attached hydrogens (primary N) is 1. The molecule has 2 aromatic carbocycles. The van der Waals surface area contributed by atoms with Crippen molar-refractivity contribution >= 4 is 75.2 Å². The Kier molecular flexibility index (Phi) is 17.7. The molecule has 17 heteroatoms. The summed E-state index contributed by atoms with van der Waals surface area (Å²) in [5.41, 5.74) is 6.30. The van der Waals surface area contributed by atoms with Crippen LogP contribution in [0.2, 0.25) is 0 Å². The van der Waals surface area contributed by atoms with Crippen molar-refractivity contribution in [1.29, 1.82) is 0 Å². The summed E-state index contributed by atoms with van der Waals surface area (Å²) in [6, 6.07) is 5.15. The molecule has 0 heterocycles. The third-order valence-electron chi connectivity index (χ3n) is 3.37. The Bertz CT molecular complexity index is 863. The van der Waals surface area contributed by atoms with Gasteiger partial charge in [0.1, 0.15) is 17.5 Å². The number of benzene rings is 2. The van der Waals surface area contributed by atoms with Gasteiger partial charge in [-0.05, 0) is 69.3 Å². The molecular weight excluding hydrogens is 718 g/mol. The number of phenolic OH excluding ortho intramolecular Hbond substituents is 1. The second kappa shape index (κ2) is 17.0. The van der Waals surface area contributed by atoms with Gasteiger partial charge >= 0.3 is 65.1 Å². The van der Waals surface area contributed by atoms with Crippen LogP contribution in [0.15, 0.2) is 34.1 Å². The van der Waals surface area contributed by atoms with E-state index in [4.69, 9.17) is 15.6 Å². The number of aromatic hydroxyl groups is 1. The average molecular weight is 729 g/mol. The van der Waals surface area contributed by atoms with Crippen LogP contribution in [-0.4, -0.2) is 22.2 Å². The number of carboxylic acids is 1. The maximum absolute atomic E-state index is 11.0. The van der Waals surface area contributed by atoms with Crippen molar-refractivity contribution in [3.05, 3.63) is 37.0 Å². The number of carboxylic acid groups (broad SMARTS) is 1. The Hall–Kier alpha value is 1.39. The summed E-state index contributed by atoms with van der Waals surface area (Å²) in [5.74, 6) is -0.821. The van der Waals surface area contributed by atoms with Gasteiger partial charge < -0.3 is 31.2 Å². The van der Waals surface area contributed by atoms with Gasteiger partial charge in [0.15, 0.2) is 5.75 Å². The first-order valence-corrected chi connectivity index (χ1v) is 11.2. The normalized spacial score (nSPS) is 11.3. The van der Waals surface area contributed by atoms with Gasteiger partial charge in [0, 0.05) is 12.1 Å². The second-order valence-electron chi connectivity index (χ2n) is 5.35. The summed E-state index contributed by atoms with van der Waals surface area (Å²) in [5, 5.41) is 45.9. The monoisotopic (exact) mass is 729 g/mol. The van der Waals surface area contributed by atoms with Crippen LogP contribution in [0.1, 0.15) is 5.56 Å². The van der Waals surface area contributed by atoms with Gasteiger partial charge in [-0.2, -0.15) is 8.67 Å². The first-order valence-electron chi connectivity index (χ1n) is 7.54. The van der Waals surface area contributed by atoms with Crippen LogP contribution < -0.4 is 80.1 Å². The van der Waals surface area contributed by atoms with E-state index in [0.29, 0.717) is 42.5 Å². The van der Waals surface area contributed by atoms with Crippen molar-refractivity contribution in [3.63, 3.8) is 0 Å². The van der Waals surface area contributed by atoms with Crippen LogP contribution in [-0.2, 0) is 30.0 Å². The molecule has 164 valence electrons. The van der Waals surface area contributed by atoms with Crippen molar-refractivity contribution < 1.29 is 108 Å². The summed E-state index contributed by atoms with van der Waals surface area (Å²) >= 11 is 4.87. The zero-order valence-corrected chi connectivity index (χ0v) is 26.4. The molecule has 4 N–H and O–H groups in total. The Morgan fingerprint density at radius 3 is 1.91 bits per heavy atom. The van der Waals surface area contributed by atoms with E-state index in [1.165, 1.54) is 12.1 Å². The van der Waals surface area contributed by atoms with Crippen molar-refractivity contribution in [2.75, 3.05) is 0 Å². The molecule has 32 heavy (non-hydrogen) atoms. The van der Waals surface area contributed by atoms with E-state index >= 15 is 0 Å². The van der Waals surface area contributed by atoms with E-state index in [1.807, 2.05) is 45.2 Å². The molecule has 11 nitrogen and oxygen atoms in total. The molecule has 1 unspecified atom stereocenters. The Morgan fingerprint density at radius 1 is 1.03 bits per heavy atom. The molecule has 0 spiro atoms. The van der Waals surface area contributed by atoms with Crippen LogP contribution in [0.5, 0.6) is 17.2 Å². The van der Waals surface area contributed by atoms with E-state index in [9.17, 15) is 20.4 Å². The number of carbonyl (C=O) groups is 1. The summed E-state index contributed by atoms with van der Waals surface area (Å²) in [6.45, 7) is 0. The molecular formula is C15H11I2NNa2O10S2. The number of aliphatic carboxylic acids is 1. The fourth-order valence-corrected chi connectivity index (χ4v) is 5.22. The summed E-state index contributed by atoms with van der Waals surface area (Å²) in [6.07, 6.45) is 0.140. The van der Waals surface area contributed by atoms with Crippen molar-refractivity contribution in [2.45, 2.75) is 22.3 Å². The van der Waals surface area contributed by atoms with Crippen LogP contribution in [0, 0.1) is 7.14 Å². The van der Waals surface area contributed by atoms with Gasteiger partial charge in [-0.25, -0.2) is 0 Å². The molecule has 2 rings (SSSR count). The number of ether oxygens (including phenoxy) is 1. The largest absolute Gasteiger partial charge is 1.00 e.